The summed E-state index contributed by atoms with van der Waals surface area (Å²) in [5.41, 5.74) is 1.12. The van der Waals surface area contributed by atoms with Gasteiger partial charge in [-0.15, -0.1) is 0 Å². The topological polar surface area (TPSA) is 45.0 Å². The SMILES string of the molecule is COc1ccccc1C(CC(C)C)NCC#N. The normalized spacial score (nSPS) is 12.2. The molecule has 0 heterocycles. The van der Waals surface area contributed by atoms with Crippen molar-refractivity contribution in [3.63, 3.8) is 0 Å². The second kappa shape index (κ2) is 6.93. The van der Waals surface area contributed by atoms with Gasteiger partial charge in [-0.1, -0.05) is 32.0 Å². The van der Waals surface area contributed by atoms with Crippen LogP contribution in [0.5, 0.6) is 5.75 Å². The van der Waals surface area contributed by atoms with Gasteiger partial charge in [0.15, 0.2) is 0 Å². The van der Waals surface area contributed by atoms with Crippen molar-refractivity contribution in [2.24, 2.45) is 5.92 Å². The Kier molecular flexibility index (Phi) is 5.51. The molecule has 0 aromatic heterocycles. The Morgan fingerprint density at radius 1 is 1.35 bits per heavy atom. The van der Waals surface area contributed by atoms with Crippen molar-refractivity contribution in [2.75, 3.05) is 13.7 Å². The van der Waals surface area contributed by atoms with E-state index >= 15 is 0 Å². The van der Waals surface area contributed by atoms with E-state index in [1.807, 2.05) is 18.2 Å². The fraction of sp³-hybridized carbons (Fsp3) is 0.500. The van der Waals surface area contributed by atoms with E-state index in [4.69, 9.17) is 10.00 Å². The number of benzene rings is 1. The summed E-state index contributed by atoms with van der Waals surface area (Å²) in [5.74, 6) is 1.44. The van der Waals surface area contributed by atoms with E-state index in [-0.39, 0.29) is 6.04 Å². The second-order valence-corrected chi connectivity index (χ2v) is 4.46. The third kappa shape index (κ3) is 4.08. The minimum Gasteiger partial charge on any atom is -0.496 e. The molecule has 1 aromatic carbocycles. The highest BCUT2D eigenvalue weighted by atomic mass is 16.5. The molecule has 1 rings (SSSR count). The van der Waals surface area contributed by atoms with Crippen LogP contribution in [-0.4, -0.2) is 13.7 Å². The number of methoxy groups -OCH3 is 1. The van der Waals surface area contributed by atoms with Gasteiger partial charge in [-0.05, 0) is 18.4 Å². The van der Waals surface area contributed by atoms with Gasteiger partial charge in [-0.25, -0.2) is 0 Å². The molecule has 3 nitrogen and oxygen atoms in total. The van der Waals surface area contributed by atoms with Crippen LogP contribution in [0.3, 0.4) is 0 Å². The Balaban J connectivity index is 2.91. The van der Waals surface area contributed by atoms with Gasteiger partial charge in [0, 0.05) is 11.6 Å². The summed E-state index contributed by atoms with van der Waals surface area (Å²) in [6.45, 7) is 4.71. The molecule has 1 N–H and O–H groups in total. The molecule has 0 bridgehead atoms. The third-order valence-corrected chi connectivity index (χ3v) is 2.65. The standard InChI is InChI=1S/C14H20N2O/c1-11(2)10-13(16-9-8-15)12-6-4-5-7-14(12)17-3/h4-7,11,13,16H,9-10H2,1-3H3. The molecular weight excluding hydrogens is 212 g/mol. The van der Waals surface area contributed by atoms with Gasteiger partial charge in [-0.3, -0.25) is 5.32 Å². The first-order chi connectivity index (χ1) is 8.19. The van der Waals surface area contributed by atoms with Gasteiger partial charge in [-0.2, -0.15) is 5.26 Å². The lowest BCUT2D eigenvalue weighted by Crippen LogP contribution is -2.23. The fourth-order valence-corrected chi connectivity index (χ4v) is 1.91. The highest BCUT2D eigenvalue weighted by molar-refractivity contribution is 5.36. The Labute approximate surface area is 103 Å². The lowest BCUT2D eigenvalue weighted by Gasteiger charge is -2.21. The van der Waals surface area contributed by atoms with Gasteiger partial charge in [0.05, 0.1) is 19.7 Å². The summed E-state index contributed by atoms with van der Waals surface area (Å²) in [6.07, 6.45) is 0.988. The van der Waals surface area contributed by atoms with E-state index in [0.717, 1.165) is 17.7 Å². The molecule has 0 amide bonds. The van der Waals surface area contributed by atoms with Crippen molar-refractivity contribution in [2.45, 2.75) is 26.3 Å². The van der Waals surface area contributed by atoms with E-state index < -0.39 is 0 Å². The monoisotopic (exact) mass is 232 g/mol. The average molecular weight is 232 g/mol. The van der Waals surface area contributed by atoms with Crippen LogP contribution < -0.4 is 10.1 Å². The third-order valence-electron chi connectivity index (χ3n) is 2.65. The number of nitriles is 1. The smallest absolute Gasteiger partial charge is 0.123 e. The van der Waals surface area contributed by atoms with E-state index in [9.17, 15) is 0 Å². The average Bonchev–Trinajstić information content (AvgIpc) is 2.34. The molecule has 92 valence electrons. The van der Waals surface area contributed by atoms with E-state index in [0.29, 0.717) is 12.5 Å². The van der Waals surface area contributed by atoms with Crippen LogP contribution in [0.2, 0.25) is 0 Å². The molecule has 17 heavy (non-hydrogen) atoms. The molecule has 0 fully saturated rings. The summed E-state index contributed by atoms with van der Waals surface area (Å²) in [4.78, 5) is 0. The lowest BCUT2D eigenvalue weighted by atomic mass is 9.96. The Morgan fingerprint density at radius 3 is 2.65 bits per heavy atom. The van der Waals surface area contributed by atoms with E-state index in [1.165, 1.54) is 0 Å². The van der Waals surface area contributed by atoms with Crippen LogP contribution in [0.4, 0.5) is 0 Å². The van der Waals surface area contributed by atoms with Crippen LogP contribution in [-0.2, 0) is 0 Å². The molecule has 1 aromatic rings. The van der Waals surface area contributed by atoms with Crippen LogP contribution in [0.25, 0.3) is 0 Å². The van der Waals surface area contributed by atoms with E-state index in [2.05, 4.69) is 31.3 Å². The quantitative estimate of drug-likeness (QED) is 0.767. The zero-order chi connectivity index (χ0) is 12.7. The van der Waals surface area contributed by atoms with Crippen molar-refractivity contribution in [3.05, 3.63) is 29.8 Å². The highest BCUT2D eigenvalue weighted by Gasteiger charge is 2.16. The van der Waals surface area contributed by atoms with Crippen molar-refractivity contribution in [1.29, 1.82) is 5.26 Å². The van der Waals surface area contributed by atoms with Gasteiger partial charge < -0.3 is 4.74 Å². The van der Waals surface area contributed by atoms with Crippen LogP contribution in [0.1, 0.15) is 31.9 Å². The van der Waals surface area contributed by atoms with Crippen molar-refractivity contribution in [1.82, 2.24) is 5.32 Å². The Bertz CT molecular complexity index is 382. The number of nitrogens with zero attached hydrogens (tertiary/aromatic N) is 1. The van der Waals surface area contributed by atoms with Gasteiger partial charge >= 0.3 is 0 Å². The van der Waals surface area contributed by atoms with Gasteiger partial charge in [0.25, 0.3) is 0 Å². The number of hydrogen-bond donors (Lipinski definition) is 1. The highest BCUT2D eigenvalue weighted by Crippen LogP contribution is 2.28. The maximum Gasteiger partial charge on any atom is 0.123 e. The molecule has 1 unspecified atom stereocenters. The molecular formula is C14H20N2O. The molecule has 0 aliphatic carbocycles. The molecule has 0 spiro atoms. The van der Waals surface area contributed by atoms with Crippen LogP contribution >= 0.6 is 0 Å². The molecule has 0 aliphatic rings. The first-order valence-electron chi connectivity index (χ1n) is 5.92. The van der Waals surface area contributed by atoms with Crippen molar-refractivity contribution >= 4 is 0 Å². The number of rotatable bonds is 6. The van der Waals surface area contributed by atoms with Crippen LogP contribution in [0.15, 0.2) is 24.3 Å². The predicted molar refractivity (Wildman–Crippen MR) is 68.8 cm³/mol. The number of nitrogens with one attached hydrogen (secondary N) is 1. The number of para-hydroxylation sites is 1. The Hall–Kier alpha value is -1.53. The largest absolute Gasteiger partial charge is 0.496 e. The van der Waals surface area contributed by atoms with Crippen molar-refractivity contribution < 1.29 is 4.74 Å². The predicted octanol–water partition coefficient (Wildman–Crippen LogP) is 2.90. The summed E-state index contributed by atoms with van der Waals surface area (Å²) in [6, 6.07) is 10.3. The minimum absolute atomic E-state index is 0.172. The van der Waals surface area contributed by atoms with Gasteiger partial charge in [0.1, 0.15) is 5.75 Å². The molecule has 0 radical (unpaired) electrons. The minimum atomic E-state index is 0.172. The maximum absolute atomic E-state index is 8.68. The summed E-state index contributed by atoms with van der Waals surface area (Å²) >= 11 is 0. The van der Waals surface area contributed by atoms with Crippen molar-refractivity contribution in [3.8, 4) is 11.8 Å². The molecule has 0 aliphatic heterocycles. The Morgan fingerprint density at radius 2 is 2.06 bits per heavy atom. The zero-order valence-corrected chi connectivity index (χ0v) is 10.7. The number of hydrogen-bond acceptors (Lipinski definition) is 3. The maximum atomic E-state index is 8.68. The second-order valence-electron chi connectivity index (χ2n) is 4.46. The lowest BCUT2D eigenvalue weighted by molar-refractivity contribution is 0.386. The molecule has 1 atom stereocenters. The number of ether oxygens (including phenoxy) is 1. The first kappa shape index (κ1) is 13.5. The zero-order valence-electron chi connectivity index (χ0n) is 10.7. The molecule has 3 heteroatoms. The first-order valence-corrected chi connectivity index (χ1v) is 5.92. The van der Waals surface area contributed by atoms with E-state index in [1.54, 1.807) is 7.11 Å². The van der Waals surface area contributed by atoms with Crippen LogP contribution in [0, 0.1) is 17.2 Å². The van der Waals surface area contributed by atoms with Gasteiger partial charge in [0.2, 0.25) is 0 Å². The summed E-state index contributed by atoms with van der Waals surface area (Å²) in [7, 11) is 1.68. The summed E-state index contributed by atoms with van der Waals surface area (Å²) < 4.78 is 5.36. The molecule has 0 saturated carbocycles. The molecule has 0 saturated heterocycles. The summed E-state index contributed by atoms with van der Waals surface area (Å²) in [5, 5.41) is 11.9. The fourth-order valence-electron chi connectivity index (χ4n) is 1.91.